The summed E-state index contributed by atoms with van der Waals surface area (Å²) in [5.41, 5.74) is 1.03. The third kappa shape index (κ3) is 4.41. The standard InChI is InChI=1S/C13H14F3N3S/c14-13(15,16)11-9-19-12(20-11)18-8-4-7-17-10-5-2-1-3-6-10/h1-3,5-6,9,17H,4,7-8H2,(H,18,19). The topological polar surface area (TPSA) is 37.0 Å². The van der Waals surface area contributed by atoms with Gasteiger partial charge in [0, 0.05) is 18.8 Å². The van der Waals surface area contributed by atoms with E-state index in [-0.39, 0.29) is 0 Å². The maximum absolute atomic E-state index is 12.4. The van der Waals surface area contributed by atoms with E-state index in [0.29, 0.717) is 23.0 Å². The van der Waals surface area contributed by atoms with Crippen LogP contribution in [0, 0.1) is 0 Å². The quantitative estimate of drug-likeness (QED) is 0.790. The number of halogens is 3. The van der Waals surface area contributed by atoms with Crippen LogP contribution in [0.4, 0.5) is 24.0 Å². The maximum Gasteiger partial charge on any atom is 0.427 e. The highest BCUT2D eigenvalue weighted by Gasteiger charge is 2.33. The van der Waals surface area contributed by atoms with E-state index >= 15 is 0 Å². The Kier molecular flexibility index (Phi) is 4.84. The molecule has 0 saturated heterocycles. The third-order valence-corrected chi connectivity index (χ3v) is 3.52. The molecule has 0 radical (unpaired) electrons. The molecular formula is C13H14F3N3S. The number of alkyl halides is 3. The number of aromatic nitrogens is 1. The minimum absolute atomic E-state index is 0.303. The van der Waals surface area contributed by atoms with Crippen LogP contribution in [0.15, 0.2) is 36.5 Å². The van der Waals surface area contributed by atoms with Crippen molar-refractivity contribution in [3.63, 3.8) is 0 Å². The molecule has 0 saturated carbocycles. The molecule has 2 rings (SSSR count). The van der Waals surface area contributed by atoms with Gasteiger partial charge in [-0.1, -0.05) is 29.5 Å². The maximum atomic E-state index is 12.4. The Bertz CT molecular complexity index is 525. The molecule has 1 aromatic heterocycles. The molecule has 0 aliphatic heterocycles. The zero-order chi connectivity index (χ0) is 14.4. The summed E-state index contributed by atoms with van der Waals surface area (Å²) < 4.78 is 37.1. The van der Waals surface area contributed by atoms with Crippen LogP contribution in [0.2, 0.25) is 0 Å². The highest BCUT2D eigenvalue weighted by Crippen LogP contribution is 2.34. The smallest absolute Gasteiger partial charge is 0.385 e. The lowest BCUT2D eigenvalue weighted by Gasteiger charge is -2.06. The lowest BCUT2D eigenvalue weighted by atomic mass is 10.3. The normalized spacial score (nSPS) is 11.3. The number of nitrogens with one attached hydrogen (secondary N) is 2. The number of benzene rings is 1. The van der Waals surface area contributed by atoms with Gasteiger partial charge in [-0.15, -0.1) is 0 Å². The molecule has 0 bridgehead atoms. The largest absolute Gasteiger partial charge is 0.427 e. The predicted molar refractivity (Wildman–Crippen MR) is 75.2 cm³/mol. The monoisotopic (exact) mass is 301 g/mol. The van der Waals surface area contributed by atoms with E-state index in [2.05, 4.69) is 15.6 Å². The zero-order valence-corrected chi connectivity index (χ0v) is 11.4. The van der Waals surface area contributed by atoms with Gasteiger partial charge in [0.15, 0.2) is 5.13 Å². The summed E-state index contributed by atoms with van der Waals surface area (Å²) in [5, 5.41) is 6.42. The van der Waals surface area contributed by atoms with Crippen LogP contribution in [0.25, 0.3) is 0 Å². The van der Waals surface area contributed by atoms with Crippen molar-refractivity contribution in [1.29, 1.82) is 0 Å². The average Bonchev–Trinajstić information content (AvgIpc) is 2.88. The third-order valence-electron chi connectivity index (χ3n) is 2.52. The fraction of sp³-hybridized carbons (Fsp3) is 0.308. The summed E-state index contributed by atoms with van der Waals surface area (Å²) in [6, 6.07) is 9.74. The first-order valence-corrected chi connectivity index (χ1v) is 6.93. The van der Waals surface area contributed by atoms with Gasteiger partial charge in [-0.25, -0.2) is 4.98 Å². The molecule has 3 nitrogen and oxygen atoms in total. The Morgan fingerprint density at radius 2 is 1.75 bits per heavy atom. The highest BCUT2D eigenvalue weighted by atomic mass is 32.1. The average molecular weight is 301 g/mol. The van der Waals surface area contributed by atoms with Crippen molar-refractivity contribution >= 4 is 22.2 Å². The number of thiazole rings is 1. The number of rotatable bonds is 6. The summed E-state index contributed by atoms with van der Waals surface area (Å²) in [4.78, 5) is 3.03. The van der Waals surface area contributed by atoms with E-state index in [1.54, 1.807) is 0 Å². The molecule has 0 atom stereocenters. The van der Waals surface area contributed by atoms with Gasteiger partial charge >= 0.3 is 6.18 Å². The second-order valence-electron chi connectivity index (χ2n) is 4.10. The fourth-order valence-electron chi connectivity index (χ4n) is 1.56. The lowest BCUT2D eigenvalue weighted by molar-refractivity contribution is -0.134. The molecule has 0 aliphatic rings. The molecular weight excluding hydrogens is 287 g/mol. The van der Waals surface area contributed by atoms with Gasteiger partial charge in [0.2, 0.25) is 0 Å². The summed E-state index contributed by atoms with van der Waals surface area (Å²) in [7, 11) is 0. The molecule has 108 valence electrons. The van der Waals surface area contributed by atoms with Gasteiger partial charge in [-0.2, -0.15) is 13.2 Å². The van der Waals surface area contributed by atoms with Gasteiger partial charge < -0.3 is 10.6 Å². The molecule has 0 amide bonds. The fourth-order valence-corrected chi connectivity index (χ4v) is 2.27. The first-order valence-electron chi connectivity index (χ1n) is 6.11. The number of para-hydroxylation sites is 1. The van der Waals surface area contributed by atoms with E-state index in [0.717, 1.165) is 24.8 Å². The van der Waals surface area contributed by atoms with Crippen molar-refractivity contribution in [2.75, 3.05) is 23.7 Å². The van der Waals surface area contributed by atoms with Gasteiger partial charge in [0.1, 0.15) is 4.88 Å². The van der Waals surface area contributed by atoms with Crippen LogP contribution >= 0.6 is 11.3 Å². The molecule has 20 heavy (non-hydrogen) atoms. The molecule has 0 unspecified atom stereocenters. The molecule has 1 aromatic carbocycles. The number of hydrogen-bond acceptors (Lipinski definition) is 4. The summed E-state index contributed by atoms with van der Waals surface area (Å²) >= 11 is 0.627. The Morgan fingerprint density at radius 1 is 1.05 bits per heavy atom. The number of anilines is 2. The highest BCUT2D eigenvalue weighted by molar-refractivity contribution is 7.15. The van der Waals surface area contributed by atoms with Crippen LogP contribution in [0.5, 0.6) is 0 Å². The Hall–Kier alpha value is -1.76. The molecule has 0 fully saturated rings. The van der Waals surface area contributed by atoms with Gasteiger partial charge in [0.25, 0.3) is 0 Å². The second-order valence-corrected chi connectivity index (χ2v) is 5.13. The molecule has 0 spiro atoms. The minimum atomic E-state index is -4.31. The van der Waals surface area contributed by atoms with Gasteiger partial charge in [-0.05, 0) is 18.6 Å². The van der Waals surface area contributed by atoms with Crippen LogP contribution < -0.4 is 10.6 Å². The summed E-state index contributed by atoms with van der Waals surface area (Å²) in [5.74, 6) is 0. The second kappa shape index (κ2) is 6.60. The SMILES string of the molecule is FC(F)(F)c1cnc(NCCCNc2ccccc2)s1. The molecule has 1 heterocycles. The van der Waals surface area contributed by atoms with Crippen LogP contribution in [-0.4, -0.2) is 18.1 Å². The molecule has 2 aromatic rings. The number of nitrogens with zero attached hydrogens (tertiary/aromatic N) is 1. The van der Waals surface area contributed by atoms with E-state index in [1.165, 1.54) is 0 Å². The first kappa shape index (κ1) is 14.6. The van der Waals surface area contributed by atoms with E-state index in [9.17, 15) is 13.2 Å². The van der Waals surface area contributed by atoms with Crippen molar-refractivity contribution in [2.45, 2.75) is 12.6 Å². The molecule has 0 aliphatic carbocycles. The van der Waals surface area contributed by atoms with Crippen LogP contribution in [-0.2, 0) is 6.18 Å². The lowest BCUT2D eigenvalue weighted by Crippen LogP contribution is -2.08. The van der Waals surface area contributed by atoms with Crippen molar-refractivity contribution < 1.29 is 13.2 Å². The van der Waals surface area contributed by atoms with E-state index in [4.69, 9.17) is 0 Å². The Labute approximate surface area is 118 Å². The van der Waals surface area contributed by atoms with Crippen molar-refractivity contribution in [3.05, 3.63) is 41.4 Å². The van der Waals surface area contributed by atoms with Gasteiger partial charge in [0.05, 0.1) is 6.20 Å². The van der Waals surface area contributed by atoms with Crippen LogP contribution in [0.1, 0.15) is 11.3 Å². The molecule has 2 N–H and O–H groups in total. The summed E-state index contributed by atoms with van der Waals surface area (Å²) in [6.45, 7) is 1.32. The predicted octanol–water partition coefficient (Wildman–Crippen LogP) is 4.08. The Morgan fingerprint density at radius 3 is 2.40 bits per heavy atom. The van der Waals surface area contributed by atoms with E-state index < -0.39 is 11.1 Å². The Balaban J connectivity index is 1.67. The summed E-state index contributed by atoms with van der Waals surface area (Å²) in [6.07, 6.45) is -2.67. The minimum Gasteiger partial charge on any atom is -0.385 e. The zero-order valence-electron chi connectivity index (χ0n) is 10.6. The van der Waals surface area contributed by atoms with Crippen molar-refractivity contribution in [2.24, 2.45) is 0 Å². The number of hydrogen-bond donors (Lipinski definition) is 2. The molecule has 7 heteroatoms. The van der Waals surface area contributed by atoms with Crippen LogP contribution in [0.3, 0.4) is 0 Å². The first-order chi connectivity index (χ1) is 9.55. The van der Waals surface area contributed by atoms with Crippen molar-refractivity contribution in [3.8, 4) is 0 Å². The van der Waals surface area contributed by atoms with E-state index in [1.807, 2.05) is 30.3 Å². The van der Waals surface area contributed by atoms with Gasteiger partial charge in [-0.3, -0.25) is 0 Å². The van der Waals surface area contributed by atoms with Crippen molar-refractivity contribution in [1.82, 2.24) is 4.98 Å².